The molecule has 0 unspecified atom stereocenters. The summed E-state index contributed by atoms with van der Waals surface area (Å²) in [4.78, 5) is 4.13. The van der Waals surface area contributed by atoms with Gasteiger partial charge in [0.25, 0.3) is 0 Å². The van der Waals surface area contributed by atoms with E-state index in [2.05, 4.69) is 10.1 Å². The predicted octanol–water partition coefficient (Wildman–Crippen LogP) is 3.38. The molecule has 0 amide bonds. The molecule has 0 saturated carbocycles. The van der Waals surface area contributed by atoms with Crippen LogP contribution < -0.4 is 5.73 Å². The van der Waals surface area contributed by atoms with Gasteiger partial charge in [-0.1, -0.05) is 29.8 Å². The van der Waals surface area contributed by atoms with Crippen LogP contribution in [-0.4, -0.2) is 14.8 Å². The lowest BCUT2D eigenvalue weighted by atomic mass is 10.0. The Morgan fingerprint density at radius 1 is 1.15 bits per heavy atom. The standard InChI is InChI=1S/C15H13ClN4/c1-20-15(17)13(11-6-2-3-7-12(11)16)14(19-20)10-5-4-8-18-9-10/h2-9H,17H2,1H3. The Bertz CT molecular complexity index is 750. The first kappa shape index (κ1) is 12.7. The van der Waals surface area contributed by atoms with Crippen molar-refractivity contribution in [3.63, 3.8) is 0 Å². The average Bonchev–Trinajstić information content (AvgIpc) is 2.77. The molecule has 0 atom stereocenters. The number of hydrogen-bond donors (Lipinski definition) is 1. The van der Waals surface area contributed by atoms with Gasteiger partial charge in [-0.25, -0.2) is 0 Å². The maximum Gasteiger partial charge on any atom is 0.129 e. The summed E-state index contributed by atoms with van der Waals surface area (Å²) in [5, 5.41) is 5.14. The number of nitrogen functional groups attached to an aromatic ring is 1. The molecule has 0 aliphatic carbocycles. The molecule has 0 aliphatic heterocycles. The first-order chi connectivity index (χ1) is 9.68. The summed E-state index contributed by atoms with van der Waals surface area (Å²) in [6, 6.07) is 11.4. The molecule has 0 fully saturated rings. The minimum Gasteiger partial charge on any atom is -0.383 e. The van der Waals surface area contributed by atoms with Gasteiger partial charge in [0.15, 0.2) is 0 Å². The lowest BCUT2D eigenvalue weighted by molar-refractivity contribution is 0.782. The van der Waals surface area contributed by atoms with Crippen LogP contribution >= 0.6 is 11.6 Å². The van der Waals surface area contributed by atoms with E-state index in [0.717, 1.165) is 22.4 Å². The molecule has 0 aliphatic rings. The van der Waals surface area contributed by atoms with Crippen LogP contribution in [0.3, 0.4) is 0 Å². The van der Waals surface area contributed by atoms with Crippen molar-refractivity contribution >= 4 is 17.4 Å². The third kappa shape index (κ3) is 2.04. The number of aryl methyl sites for hydroxylation is 1. The van der Waals surface area contributed by atoms with Crippen molar-refractivity contribution in [1.82, 2.24) is 14.8 Å². The van der Waals surface area contributed by atoms with Gasteiger partial charge in [0.2, 0.25) is 0 Å². The van der Waals surface area contributed by atoms with Gasteiger partial charge in [-0.15, -0.1) is 0 Å². The van der Waals surface area contributed by atoms with E-state index >= 15 is 0 Å². The van der Waals surface area contributed by atoms with Gasteiger partial charge < -0.3 is 5.73 Å². The van der Waals surface area contributed by atoms with Gasteiger partial charge in [-0.3, -0.25) is 9.67 Å². The largest absolute Gasteiger partial charge is 0.383 e. The SMILES string of the molecule is Cn1nc(-c2cccnc2)c(-c2ccccc2Cl)c1N. The van der Waals surface area contributed by atoms with Gasteiger partial charge in [-0.05, 0) is 18.2 Å². The zero-order valence-corrected chi connectivity index (χ0v) is 11.7. The van der Waals surface area contributed by atoms with Crippen LogP contribution in [0, 0.1) is 0 Å². The van der Waals surface area contributed by atoms with Crippen molar-refractivity contribution in [1.29, 1.82) is 0 Å². The second-order valence-corrected chi connectivity index (χ2v) is 4.86. The van der Waals surface area contributed by atoms with Crippen LogP contribution in [0.15, 0.2) is 48.8 Å². The van der Waals surface area contributed by atoms with E-state index in [-0.39, 0.29) is 0 Å². The maximum absolute atomic E-state index is 6.29. The van der Waals surface area contributed by atoms with Crippen LogP contribution in [0.5, 0.6) is 0 Å². The summed E-state index contributed by atoms with van der Waals surface area (Å²) in [5.41, 5.74) is 9.57. The van der Waals surface area contributed by atoms with Crippen LogP contribution in [0.4, 0.5) is 5.82 Å². The molecular weight excluding hydrogens is 272 g/mol. The van der Waals surface area contributed by atoms with Crippen LogP contribution in [-0.2, 0) is 7.05 Å². The van der Waals surface area contributed by atoms with Gasteiger partial charge in [-0.2, -0.15) is 5.10 Å². The second kappa shape index (κ2) is 4.98. The minimum absolute atomic E-state index is 0.581. The first-order valence-electron chi connectivity index (χ1n) is 6.16. The minimum atomic E-state index is 0.581. The molecule has 2 heterocycles. The Labute approximate surface area is 121 Å². The molecule has 0 saturated heterocycles. The number of pyridine rings is 1. The summed E-state index contributed by atoms with van der Waals surface area (Å²) in [5.74, 6) is 0.581. The third-order valence-electron chi connectivity index (χ3n) is 3.17. The highest BCUT2D eigenvalue weighted by Gasteiger charge is 2.19. The lowest BCUT2D eigenvalue weighted by Gasteiger charge is -2.06. The molecule has 2 aromatic heterocycles. The molecule has 3 aromatic rings. The summed E-state index contributed by atoms with van der Waals surface area (Å²) in [6.07, 6.45) is 3.49. The number of anilines is 1. The first-order valence-corrected chi connectivity index (χ1v) is 6.54. The second-order valence-electron chi connectivity index (χ2n) is 4.45. The summed E-state index contributed by atoms with van der Waals surface area (Å²) in [7, 11) is 1.82. The monoisotopic (exact) mass is 284 g/mol. The van der Waals surface area contributed by atoms with Crippen LogP contribution in [0.25, 0.3) is 22.4 Å². The number of nitrogens with two attached hydrogens (primary N) is 1. The quantitative estimate of drug-likeness (QED) is 0.785. The molecule has 3 rings (SSSR count). The summed E-state index contributed by atoms with van der Waals surface area (Å²) >= 11 is 6.29. The van der Waals surface area contributed by atoms with Crippen molar-refractivity contribution in [3.05, 3.63) is 53.8 Å². The number of hydrogen-bond acceptors (Lipinski definition) is 3. The Kier molecular flexibility index (Phi) is 3.16. The molecule has 20 heavy (non-hydrogen) atoms. The smallest absolute Gasteiger partial charge is 0.129 e. The van der Waals surface area contributed by atoms with Crippen LogP contribution in [0.1, 0.15) is 0 Å². The fourth-order valence-electron chi connectivity index (χ4n) is 2.17. The molecular formula is C15H13ClN4. The van der Waals surface area contributed by atoms with Gasteiger partial charge >= 0.3 is 0 Å². The highest BCUT2D eigenvalue weighted by atomic mass is 35.5. The predicted molar refractivity (Wildman–Crippen MR) is 81.3 cm³/mol. The van der Waals surface area contributed by atoms with Crippen LogP contribution in [0.2, 0.25) is 5.02 Å². The van der Waals surface area contributed by atoms with E-state index in [4.69, 9.17) is 17.3 Å². The van der Waals surface area contributed by atoms with Gasteiger partial charge in [0.1, 0.15) is 11.5 Å². The zero-order chi connectivity index (χ0) is 14.1. The van der Waals surface area contributed by atoms with E-state index in [1.165, 1.54) is 0 Å². The fraction of sp³-hybridized carbons (Fsp3) is 0.0667. The van der Waals surface area contributed by atoms with E-state index < -0.39 is 0 Å². The highest BCUT2D eigenvalue weighted by molar-refractivity contribution is 6.33. The normalized spacial score (nSPS) is 10.7. The van der Waals surface area contributed by atoms with E-state index in [1.807, 2.05) is 43.4 Å². The lowest BCUT2D eigenvalue weighted by Crippen LogP contribution is -1.98. The van der Waals surface area contributed by atoms with Crippen molar-refractivity contribution in [2.45, 2.75) is 0 Å². The van der Waals surface area contributed by atoms with Gasteiger partial charge in [0, 0.05) is 35.6 Å². The number of rotatable bonds is 2. The number of halogens is 1. The topological polar surface area (TPSA) is 56.7 Å². The average molecular weight is 285 g/mol. The Hall–Kier alpha value is -2.33. The van der Waals surface area contributed by atoms with Gasteiger partial charge in [0.05, 0.1) is 5.56 Å². The third-order valence-corrected chi connectivity index (χ3v) is 3.50. The van der Waals surface area contributed by atoms with E-state index in [0.29, 0.717) is 10.8 Å². The number of aromatic nitrogens is 3. The molecule has 4 nitrogen and oxygen atoms in total. The Morgan fingerprint density at radius 2 is 1.95 bits per heavy atom. The van der Waals surface area contributed by atoms with Crippen molar-refractivity contribution in [3.8, 4) is 22.4 Å². The summed E-state index contributed by atoms with van der Waals surface area (Å²) < 4.78 is 1.65. The van der Waals surface area contributed by atoms with Crippen molar-refractivity contribution < 1.29 is 0 Å². The summed E-state index contributed by atoms with van der Waals surface area (Å²) in [6.45, 7) is 0. The molecule has 100 valence electrons. The zero-order valence-electron chi connectivity index (χ0n) is 10.9. The molecule has 5 heteroatoms. The molecule has 0 spiro atoms. The molecule has 0 radical (unpaired) electrons. The highest BCUT2D eigenvalue weighted by Crippen LogP contribution is 2.38. The van der Waals surface area contributed by atoms with E-state index in [1.54, 1.807) is 17.1 Å². The molecule has 0 bridgehead atoms. The number of nitrogens with zero attached hydrogens (tertiary/aromatic N) is 3. The maximum atomic E-state index is 6.29. The van der Waals surface area contributed by atoms with E-state index in [9.17, 15) is 0 Å². The Morgan fingerprint density at radius 3 is 2.65 bits per heavy atom. The number of benzene rings is 1. The van der Waals surface area contributed by atoms with Crippen molar-refractivity contribution in [2.75, 3.05) is 5.73 Å². The van der Waals surface area contributed by atoms with Crippen molar-refractivity contribution in [2.24, 2.45) is 7.05 Å². The molecule has 1 aromatic carbocycles. The Balaban J connectivity index is 2.29. The fourth-order valence-corrected chi connectivity index (χ4v) is 2.40. The molecule has 2 N–H and O–H groups in total.